The molecule has 0 aliphatic carbocycles. The van der Waals surface area contributed by atoms with Gasteiger partial charge in [-0.1, -0.05) is 37.3 Å². The standard InChI is InChI=1S/C15H21NO4/c1-11(9-12-7-5-4-6-8-12)13(17)16-10-15(2,19)14(18)20-3/h4-8,11,19H,9-10H2,1-3H3,(H,16,17)/t11-,15+/m1/s1. The summed E-state index contributed by atoms with van der Waals surface area (Å²) in [7, 11) is 1.19. The first-order valence-corrected chi connectivity index (χ1v) is 6.49. The summed E-state index contributed by atoms with van der Waals surface area (Å²) in [6.45, 7) is 2.94. The van der Waals surface area contributed by atoms with E-state index in [1.807, 2.05) is 30.3 Å². The van der Waals surface area contributed by atoms with E-state index in [9.17, 15) is 14.7 Å². The van der Waals surface area contributed by atoms with Gasteiger partial charge in [0.1, 0.15) is 0 Å². The molecule has 0 saturated carbocycles. The van der Waals surface area contributed by atoms with E-state index in [1.54, 1.807) is 6.92 Å². The van der Waals surface area contributed by atoms with Gasteiger partial charge in [-0.15, -0.1) is 0 Å². The number of amides is 1. The van der Waals surface area contributed by atoms with E-state index in [0.29, 0.717) is 6.42 Å². The molecular formula is C15H21NO4. The number of rotatable bonds is 6. The van der Waals surface area contributed by atoms with Crippen molar-refractivity contribution in [1.82, 2.24) is 5.32 Å². The molecule has 0 unspecified atom stereocenters. The van der Waals surface area contributed by atoms with Crippen LogP contribution in [0.4, 0.5) is 0 Å². The van der Waals surface area contributed by atoms with E-state index >= 15 is 0 Å². The van der Waals surface area contributed by atoms with Crippen LogP contribution < -0.4 is 5.32 Å². The summed E-state index contributed by atoms with van der Waals surface area (Å²) in [6, 6.07) is 9.66. The predicted octanol–water partition coefficient (Wildman–Crippen LogP) is 0.905. The lowest BCUT2D eigenvalue weighted by atomic mass is 10.00. The van der Waals surface area contributed by atoms with Gasteiger partial charge in [-0.25, -0.2) is 4.79 Å². The normalized spacial score (nSPS) is 15.0. The summed E-state index contributed by atoms with van der Waals surface area (Å²) in [5.74, 6) is -1.22. The van der Waals surface area contributed by atoms with Gasteiger partial charge < -0.3 is 15.2 Å². The van der Waals surface area contributed by atoms with Crippen LogP contribution in [-0.2, 0) is 20.7 Å². The maximum atomic E-state index is 11.9. The monoisotopic (exact) mass is 279 g/mol. The van der Waals surface area contributed by atoms with E-state index in [-0.39, 0.29) is 18.4 Å². The fourth-order valence-corrected chi connectivity index (χ4v) is 1.79. The van der Waals surface area contributed by atoms with Crippen LogP contribution in [0.1, 0.15) is 19.4 Å². The van der Waals surface area contributed by atoms with Gasteiger partial charge in [0.2, 0.25) is 5.91 Å². The molecule has 5 heteroatoms. The largest absolute Gasteiger partial charge is 0.467 e. The Kier molecular flexibility index (Phi) is 5.70. The summed E-state index contributed by atoms with van der Waals surface area (Å²) in [4.78, 5) is 23.2. The maximum absolute atomic E-state index is 11.9. The van der Waals surface area contributed by atoms with Gasteiger partial charge in [-0.2, -0.15) is 0 Å². The Morgan fingerprint density at radius 3 is 2.50 bits per heavy atom. The first-order chi connectivity index (χ1) is 9.36. The highest BCUT2D eigenvalue weighted by atomic mass is 16.5. The molecule has 20 heavy (non-hydrogen) atoms. The molecule has 0 heterocycles. The van der Waals surface area contributed by atoms with Gasteiger partial charge in [-0.3, -0.25) is 4.79 Å². The molecule has 1 aromatic rings. The van der Waals surface area contributed by atoms with Gasteiger partial charge in [0.15, 0.2) is 5.60 Å². The number of esters is 1. The van der Waals surface area contributed by atoms with Crippen molar-refractivity contribution in [1.29, 1.82) is 0 Å². The topological polar surface area (TPSA) is 75.6 Å². The molecule has 0 saturated heterocycles. The Morgan fingerprint density at radius 2 is 1.95 bits per heavy atom. The Hall–Kier alpha value is -1.88. The highest BCUT2D eigenvalue weighted by Gasteiger charge is 2.32. The summed E-state index contributed by atoms with van der Waals surface area (Å²) < 4.78 is 4.46. The van der Waals surface area contributed by atoms with Gasteiger partial charge >= 0.3 is 5.97 Å². The molecule has 0 fully saturated rings. The Balaban J connectivity index is 2.48. The van der Waals surface area contributed by atoms with Crippen molar-refractivity contribution in [3.8, 4) is 0 Å². The maximum Gasteiger partial charge on any atom is 0.339 e. The van der Waals surface area contributed by atoms with Crippen LogP contribution in [0.15, 0.2) is 30.3 Å². The van der Waals surface area contributed by atoms with Crippen LogP contribution in [0.25, 0.3) is 0 Å². The van der Waals surface area contributed by atoms with Crippen molar-refractivity contribution in [2.24, 2.45) is 5.92 Å². The SMILES string of the molecule is COC(=O)[C@@](C)(O)CNC(=O)[C@H](C)Cc1ccccc1. The number of benzene rings is 1. The van der Waals surface area contributed by atoms with E-state index in [4.69, 9.17) is 0 Å². The van der Waals surface area contributed by atoms with E-state index < -0.39 is 11.6 Å². The molecule has 0 radical (unpaired) electrons. The Morgan fingerprint density at radius 1 is 1.35 bits per heavy atom. The number of aliphatic hydroxyl groups is 1. The molecule has 1 amide bonds. The molecule has 0 aliphatic rings. The van der Waals surface area contributed by atoms with Crippen LogP contribution in [0.2, 0.25) is 0 Å². The van der Waals surface area contributed by atoms with Gasteiger partial charge in [0, 0.05) is 5.92 Å². The first kappa shape index (κ1) is 16.2. The van der Waals surface area contributed by atoms with Gasteiger partial charge in [-0.05, 0) is 18.9 Å². The molecule has 0 aliphatic heterocycles. The summed E-state index contributed by atoms with van der Waals surface area (Å²) in [6.07, 6.45) is 0.604. The summed E-state index contributed by atoms with van der Waals surface area (Å²) in [5, 5.41) is 12.4. The minimum absolute atomic E-state index is 0.169. The number of carbonyl (C=O) groups excluding carboxylic acids is 2. The fraction of sp³-hybridized carbons (Fsp3) is 0.467. The second-order valence-corrected chi connectivity index (χ2v) is 5.07. The molecule has 2 atom stereocenters. The number of ether oxygens (including phenoxy) is 1. The lowest BCUT2D eigenvalue weighted by Gasteiger charge is -2.21. The van der Waals surface area contributed by atoms with Gasteiger partial charge in [0.05, 0.1) is 13.7 Å². The summed E-state index contributed by atoms with van der Waals surface area (Å²) in [5.41, 5.74) is -0.647. The molecule has 1 aromatic carbocycles. The first-order valence-electron chi connectivity index (χ1n) is 6.49. The van der Waals surface area contributed by atoms with Crippen molar-refractivity contribution in [3.05, 3.63) is 35.9 Å². The fourth-order valence-electron chi connectivity index (χ4n) is 1.79. The van der Waals surface area contributed by atoms with E-state index in [1.165, 1.54) is 14.0 Å². The molecule has 2 N–H and O–H groups in total. The average Bonchev–Trinajstić information content (AvgIpc) is 2.44. The van der Waals surface area contributed by atoms with Crippen LogP contribution in [0, 0.1) is 5.92 Å². The highest BCUT2D eigenvalue weighted by Crippen LogP contribution is 2.09. The zero-order valence-corrected chi connectivity index (χ0v) is 12.1. The van der Waals surface area contributed by atoms with E-state index in [0.717, 1.165) is 5.56 Å². The van der Waals surface area contributed by atoms with Crippen molar-refractivity contribution >= 4 is 11.9 Å². The molecule has 0 spiro atoms. The Bertz CT molecular complexity index is 456. The zero-order chi connectivity index (χ0) is 15.2. The lowest BCUT2D eigenvalue weighted by molar-refractivity contribution is -0.160. The van der Waals surface area contributed by atoms with Crippen molar-refractivity contribution in [2.75, 3.05) is 13.7 Å². The third-order valence-corrected chi connectivity index (χ3v) is 3.06. The minimum atomic E-state index is -1.71. The van der Waals surface area contributed by atoms with Crippen molar-refractivity contribution in [3.63, 3.8) is 0 Å². The quantitative estimate of drug-likeness (QED) is 0.759. The van der Waals surface area contributed by atoms with E-state index in [2.05, 4.69) is 10.1 Å². The van der Waals surface area contributed by atoms with Crippen LogP contribution in [0.5, 0.6) is 0 Å². The molecule has 5 nitrogen and oxygen atoms in total. The minimum Gasteiger partial charge on any atom is -0.467 e. The number of nitrogens with one attached hydrogen (secondary N) is 1. The molecule has 110 valence electrons. The smallest absolute Gasteiger partial charge is 0.339 e. The Labute approximate surface area is 118 Å². The third-order valence-electron chi connectivity index (χ3n) is 3.06. The number of hydrogen-bond donors (Lipinski definition) is 2. The molecule has 0 aromatic heterocycles. The van der Waals surface area contributed by atoms with Crippen LogP contribution >= 0.6 is 0 Å². The highest BCUT2D eigenvalue weighted by molar-refractivity contribution is 5.82. The number of methoxy groups -OCH3 is 1. The van der Waals surface area contributed by atoms with Crippen LogP contribution in [-0.4, -0.2) is 36.2 Å². The second-order valence-electron chi connectivity index (χ2n) is 5.07. The third kappa shape index (κ3) is 4.66. The predicted molar refractivity (Wildman–Crippen MR) is 75.0 cm³/mol. The second kappa shape index (κ2) is 7.05. The molecular weight excluding hydrogens is 258 g/mol. The molecule has 0 bridgehead atoms. The lowest BCUT2D eigenvalue weighted by Crippen LogP contribution is -2.48. The van der Waals surface area contributed by atoms with Crippen LogP contribution in [0.3, 0.4) is 0 Å². The van der Waals surface area contributed by atoms with Gasteiger partial charge in [0.25, 0.3) is 0 Å². The summed E-state index contributed by atoms with van der Waals surface area (Å²) >= 11 is 0. The zero-order valence-electron chi connectivity index (χ0n) is 12.1. The molecule has 1 rings (SSSR count). The number of carbonyl (C=O) groups is 2. The van der Waals surface area contributed by atoms with Crippen molar-refractivity contribution < 1.29 is 19.4 Å². The number of hydrogen-bond acceptors (Lipinski definition) is 4. The van der Waals surface area contributed by atoms with Crippen molar-refractivity contribution in [2.45, 2.75) is 25.9 Å². The average molecular weight is 279 g/mol.